The molecule has 0 unspecified atom stereocenters. The second-order valence-corrected chi connectivity index (χ2v) is 5.23. The second-order valence-electron chi connectivity index (χ2n) is 4.79. The van der Waals surface area contributed by atoms with Crippen molar-refractivity contribution in [2.75, 3.05) is 5.32 Å². The summed E-state index contributed by atoms with van der Waals surface area (Å²) in [5.41, 5.74) is 1.44. The van der Waals surface area contributed by atoms with E-state index in [2.05, 4.69) is 5.32 Å². The molecule has 0 saturated heterocycles. The van der Waals surface area contributed by atoms with Gasteiger partial charge in [0.2, 0.25) is 0 Å². The number of rotatable bonds is 5. The lowest BCUT2D eigenvalue weighted by molar-refractivity contribution is -0.152. The number of para-hydroxylation sites is 1. The molecule has 0 aliphatic carbocycles. The van der Waals surface area contributed by atoms with Crippen LogP contribution in [0.25, 0.3) is 0 Å². The number of carbonyl (C=O) groups is 2. The van der Waals surface area contributed by atoms with Crippen molar-refractivity contribution in [1.82, 2.24) is 0 Å². The van der Waals surface area contributed by atoms with Gasteiger partial charge in [0, 0.05) is 10.7 Å². The van der Waals surface area contributed by atoms with Crippen molar-refractivity contribution in [3.8, 4) is 0 Å². The standard InChI is InChI=1S/C17H16ClNO3/c1-12(17(21)19-15-5-3-2-4-6-15)22-16(20)11-13-7-9-14(18)10-8-13/h2-10,12H,11H2,1H3,(H,19,21)/t12-/m1/s1. The van der Waals surface area contributed by atoms with E-state index in [1.54, 1.807) is 36.4 Å². The zero-order valence-corrected chi connectivity index (χ0v) is 12.8. The Kier molecular flexibility index (Phi) is 5.55. The van der Waals surface area contributed by atoms with Crippen LogP contribution in [0.4, 0.5) is 5.69 Å². The highest BCUT2D eigenvalue weighted by Gasteiger charge is 2.18. The fourth-order valence-electron chi connectivity index (χ4n) is 1.83. The molecule has 1 amide bonds. The van der Waals surface area contributed by atoms with Crippen LogP contribution in [0.3, 0.4) is 0 Å². The maximum Gasteiger partial charge on any atom is 0.311 e. The average Bonchev–Trinajstić information content (AvgIpc) is 2.50. The lowest BCUT2D eigenvalue weighted by Crippen LogP contribution is -2.30. The van der Waals surface area contributed by atoms with Crippen LogP contribution in [-0.2, 0) is 20.7 Å². The number of benzene rings is 2. The van der Waals surface area contributed by atoms with E-state index in [4.69, 9.17) is 16.3 Å². The number of halogens is 1. The molecule has 0 aliphatic heterocycles. The largest absolute Gasteiger partial charge is 0.452 e. The Hall–Kier alpha value is -2.33. The van der Waals surface area contributed by atoms with Gasteiger partial charge in [-0.15, -0.1) is 0 Å². The average molecular weight is 318 g/mol. The van der Waals surface area contributed by atoms with E-state index in [1.165, 1.54) is 6.92 Å². The zero-order valence-electron chi connectivity index (χ0n) is 12.1. The molecule has 1 N–H and O–H groups in total. The summed E-state index contributed by atoms with van der Waals surface area (Å²) >= 11 is 5.78. The fourth-order valence-corrected chi connectivity index (χ4v) is 1.95. The summed E-state index contributed by atoms with van der Waals surface area (Å²) in [7, 11) is 0. The van der Waals surface area contributed by atoms with Crippen molar-refractivity contribution >= 4 is 29.2 Å². The Balaban J connectivity index is 1.85. The molecule has 0 heterocycles. The van der Waals surface area contributed by atoms with Crippen LogP contribution in [0.5, 0.6) is 0 Å². The first-order valence-electron chi connectivity index (χ1n) is 6.84. The quantitative estimate of drug-likeness (QED) is 0.859. The van der Waals surface area contributed by atoms with Crippen LogP contribution < -0.4 is 5.32 Å². The Morgan fingerprint density at radius 3 is 2.36 bits per heavy atom. The van der Waals surface area contributed by atoms with Crippen molar-refractivity contribution < 1.29 is 14.3 Å². The molecule has 0 aliphatic rings. The van der Waals surface area contributed by atoms with E-state index in [0.717, 1.165) is 5.56 Å². The van der Waals surface area contributed by atoms with Crippen molar-refractivity contribution in [2.45, 2.75) is 19.4 Å². The van der Waals surface area contributed by atoms with Gasteiger partial charge in [-0.1, -0.05) is 41.9 Å². The van der Waals surface area contributed by atoms with Crippen molar-refractivity contribution in [3.63, 3.8) is 0 Å². The van der Waals surface area contributed by atoms with Gasteiger partial charge in [-0.2, -0.15) is 0 Å². The molecule has 2 rings (SSSR count). The van der Waals surface area contributed by atoms with Gasteiger partial charge in [0.05, 0.1) is 6.42 Å². The molecule has 0 saturated carbocycles. The van der Waals surface area contributed by atoms with Gasteiger partial charge in [0.1, 0.15) is 0 Å². The van der Waals surface area contributed by atoms with Crippen LogP contribution >= 0.6 is 11.6 Å². The molecular formula is C17H16ClNO3. The third kappa shape index (κ3) is 4.90. The molecule has 2 aromatic carbocycles. The Bertz CT molecular complexity index is 641. The highest BCUT2D eigenvalue weighted by Crippen LogP contribution is 2.11. The maximum atomic E-state index is 11.9. The smallest absolute Gasteiger partial charge is 0.311 e. The molecule has 0 aromatic heterocycles. The van der Waals surface area contributed by atoms with Gasteiger partial charge >= 0.3 is 5.97 Å². The number of ether oxygens (including phenoxy) is 1. The van der Waals surface area contributed by atoms with Gasteiger partial charge in [-0.05, 0) is 36.8 Å². The van der Waals surface area contributed by atoms with Crippen molar-refractivity contribution in [1.29, 1.82) is 0 Å². The number of hydrogen-bond donors (Lipinski definition) is 1. The van der Waals surface area contributed by atoms with Gasteiger partial charge in [-0.3, -0.25) is 9.59 Å². The first-order chi connectivity index (χ1) is 10.5. The molecule has 2 aromatic rings. The first kappa shape index (κ1) is 16.0. The monoisotopic (exact) mass is 317 g/mol. The van der Waals surface area contributed by atoms with E-state index >= 15 is 0 Å². The fraction of sp³-hybridized carbons (Fsp3) is 0.176. The Morgan fingerprint density at radius 1 is 1.09 bits per heavy atom. The van der Waals surface area contributed by atoms with E-state index in [-0.39, 0.29) is 12.3 Å². The molecular weight excluding hydrogens is 302 g/mol. The highest BCUT2D eigenvalue weighted by atomic mass is 35.5. The Labute approximate surface area is 134 Å². The predicted molar refractivity (Wildman–Crippen MR) is 85.8 cm³/mol. The second kappa shape index (κ2) is 7.61. The number of hydrogen-bond acceptors (Lipinski definition) is 3. The summed E-state index contributed by atoms with van der Waals surface area (Å²) < 4.78 is 5.13. The number of carbonyl (C=O) groups excluding carboxylic acids is 2. The van der Waals surface area contributed by atoms with Gasteiger partial charge in [-0.25, -0.2) is 0 Å². The van der Waals surface area contributed by atoms with Crippen LogP contribution in [0, 0.1) is 0 Å². The molecule has 114 valence electrons. The van der Waals surface area contributed by atoms with Crippen LogP contribution in [0.2, 0.25) is 5.02 Å². The number of anilines is 1. The molecule has 1 atom stereocenters. The highest BCUT2D eigenvalue weighted by molar-refractivity contribution is 6.30. The van der Waals surface area contributed by atoms with E-state index in [0.29, 0.717) is 10.7 Å². The maximum absolute atomic E-state index is 11.9. The zero-order chi connectivity index (χ0) is 15.9. The van der Waals surface area contributed by atoms with Gasteiger partial charge in [0.15, 0.2) is 6.10 Å². The van der Waals surface area contributed by atoms with E-state index in [9.17, 15) is 9.59 Å². The lowest BCUT2D eigenvalue weighted by Gasteiger charge is -2.13. The van der Waals surface area contributed by atoms with E-state index in [1.807, 2.05) is 18.2 Å². The van der Waals surface area contributed by atoms with Crippen molar-refractivity contribution in [3.05, 3.63) is 65.2 Å². The number of nitrogens with one attached hydrogen (secondary N) is 1. The summed E-state index contributed by atoms with van der Waals surface area (Å²) in [5.74, 6) is -0.825. The summed E-state index contributed by atoms with van der Waals surface area (Å²) in [5, 5.41) is 3.29. The lowest BCUT2D eigenvalue weighted by atomic mass is 10.1. The molecule has 5 heteroatoms. The van der Waals surface area contributed by atoms with Crippen LogP contribution in [-0.4, -0.2) is 18.0 Å². The summed E-state index contributed by atoms with van der Waals surface area (Å²) in [6, 6.07) is 15.9. The summed E-state index contributed by atoms with van der Waals surface area (Å²) in [4.78, 5) is 23.8. The topological polar surface area (TPSA) is 55.4 Å². The normalized spacial score (nSPS) is 11.5. The minimum atomic E-state index is -0.861. The van der Waals surface area contributed by atoms with Crippen LogP contribution in [0.1, 0.15) is 12.5 Å². The number of esters is 1. The van der Waals surface area contributed by atoms with Crippen molar-refractivity contribution in [2.24, 2.45) is 0 Å². The molecule has 0 radical (unpaired) electrons. The SMILES string of the molecule is C[C@@H](OC(=O)Cc1ccc(Cl)cc1)C(=O)Nc1ccccc1. The Morgan fingerprint density at radius 2 is 1.73 bits per heavy atom. The molecule has 22 heavy (non-hydrogen) atoms. The molecule has 0 spiro atoms. The van der Waals surface area contributed by atoms with E-state index < -0.39 is 12.1 Å². The molecule has 0 bridgehead atoms. The third-order valence-corrected chi connectivity index (χ3v) is 3.23. The summed E-state index contributed by atoms with van der Waals surface area (Å²) in [6.45, 7) is 1.54. The van der Waals surface area contributed by atoms with Gasteiger partial charge in [0.25, 0.3) is 5.91 Å². The summed E-state index contributed by atoms with van der Waals surface area (Å²) in [6.07, 6.45) is -0.764. The molecule has 0 fully saturated rings. The minimum Gasteiger partial charge on any atom is -0.452 e. The van der Waals surface area contributed by atoms with Crippen LogP contribution in [0.15, 0.2) is 54.6 Å². The minimum absolute atomic E-state index is 0.0973. The third-order valence-electron chi connectivity index (χ3n) is 2.98. The first-order valence-corrected chi connectivity index (χ1v) is 7.22. The van der Waals surface area contributed by atoms with Gasteiger partial charge < -0.3 is 10.1 Å². The number of amides is 1. The molecule has 4 nitrogen and oxygen atoms in total. The predicted octanol–water partition coefficient (Wildman–Crippen LogP) is 3.45.